The maximum atomic E-state index is 12.9. The number of esters is 1. The third kappa shape index (κ3) is 3.34. The van der Waals surface area contributed by atoms with Crippen molar-refractivity contribution in [1.29, 1.82) is 0 Å². The molecule has 1 N–H and O–H groups in total. The SMILES string of the molecule is CC(C)[C@@H](OC(=O)C1CCC1)C1C[C@@H](C)C2C(C[C@@]3(C)[C@@H]4CCC5C(C)(C)[C@@H](O)CC[C@@]56CC46CC[C@]23C)O1. The van der Waals surface area contributed by atoms with Crippen molar-refractivity contribution in [2.75, 3.05) is 0 Å². The number of carbonyl (C=O) groups is 1. The summed E-state index contributed by atoms with van der Waals surface area (Å²) in [6.07, 6.45) is 14.4. The summed E-state index contributed by atoms with van der Waals surface area (Å²) < 4.78 is 13.4. The van der Waals surface area contributed by atoms with Crippen molar-refractivity contribution in [2.24, 2.45) is 62.6 Å². The Balaban J connectivity index is 1.15. The highest BCUT2D eigenvalue weighted by Crippen LogP contribution is 2.89. The van der Waals surface area contributed by atoms with Gasteiger partial charge in [0.05, 0.1) is 24.2 Å². The van der Waals surface area contributed by atoms with Crippen molar-refractivity contribution in [3.05, 3.63) is 0 Å². The molecule has 0 aromatic carbocycles. The summed E-state index contributed by atoms with van der Waals surface area (Å²) in [6, 6.07) is 0. The Hall–Kier alpha value is -0.610. The minimum absolute atomic E-state index is 0.0234. The Bertz CT molecular complexity index is 1020. The largest absolute Gasteiger partial charge is 0.459 e. The summed E-state index contributed by atoms with van der Waals surface area (Å²) in [5.41, 5.74) is 1.63. The molecular formula is C35H56O4. The predicted octanol–water partition coefficient (Wildman–Crippen LogP) is 7.56. The third-order valence-corrected chi connectivity index (χ3v) is 15.4. The van der Waals surface area contributed by atoms with Crippen LogP contribution in [0.4, 0.5) is 0 Å². The molecule has 7 fully saturated rings. The van der Waals surface area contributed by atoms with Crippen LogP contribution in [0.5, 0.6) is 0 Å². The summed E-state index contributed by atoms with van der Waals surface area (Å²) in [4.78, 5) is 12.9. The molecule has 5 unspecified atom stereocenters. The molecule has 6 saturated carbocycles. The summed E-state index contributed by atoms with van der Waals surface area (Å²) in [5.74, 6) is 3.06. The minimum atomic E-state index is -0.139. The van der Waals surface area contributed by atoms with Crippen LogP contribution < -0.4 is 0 Å². The van der Waals surface area contributed by atoms with Crippen LogP contribution in [0.1, 0.15) is 126 Å². The van der Waals surface area contributed by atoms with E-state index < -0.39 is 0 Å². The van der Waals surface area contributed by atoms with Gasteiger partial charge in [-0.1, -0.05) is 54.9 Å². The van der Waals surface area contributed by atoms with Crippen molar-refractivity contribution in [1.82, 2.24) is 0 Å². The second kappa shape index (κ2) is 8.48. The number of rotatable bonds is 4. The summed E-state index contributed by atoms with van der Waals surface area (Å²) >= 11 is 0. The van der Waals surface area contributed by atoms with Gasteiger partial charge in [0.1, 0.15) is 6.10 Å². The molecule has 4 heteroatoms. The molecule has 0 radical (unpaired) electrons. The molecule has 6 aliphatic carbocycles. The van der Waals surface area contributed by atoms with Gasteiger partial charge in [-0.25, -0.2) is 0 Å². The van der Waals surface area contributed by atoms with E-state index in [1.807, 2.05) is 0 Å². The van der Waals surface area contributed by atoms with E-state index in [1.54, 1.807) is 0 Å². The van der Waals surface area contributed by atoms with Crippen LogP contribution in [0.2, 0.25) is 0 Å². The van der Waals surface area contributed by atoms with Gasteiger partial charge >= 0.3 is 5.97 Å². The molecule has 0 bridgehead atoms. The van der Waals surface area contributed by atoms with Gasteiger partial charge in [0.2, 0.25) is 0 Å². The van der Waals surface area contributed by atoms with Gasteiger partial charge in [-0.2, -0.15) is 0 Å². The van der Waals surface area contributed by atoms with E-state index in [-0.39, 0.29) is 47.6 Å². The number of hydrogen-bond donors (Lipinski definition) is 1. The first kappa shape index (κ1) is 27.2. The van der Waals surface area contributed by atoms with Crippen molar-refractivity contribution < 1.29 is 19.4 Å². The average molecular weight is 541 g/mol. The van der Waals surface area contributed by atoms with Crippen LogP contribution in [0, 0.1) is 62.6 Å². The Kier molecular flexibility index (Phi) is 5.93. The summed E-state index contributed by atoms with van der Waals surface area (Å²) in [5, 5.41) is 11.0. The minimum Gasteiger partial charge on any atom is -0.459 e. The molecule has 12 atom stereocenters. The lowest BCUT2D eigenvalue weighted by Gasteiger charge is -2.63. The molecule has 4 nitrogen and oxygen atoms in total. The number of hydrogen-bond acceptors (Lipinski definition) is 4. The van der Waals surface area contributed by atoms with Crippen LogP contribution in [0.15, 0.2) is 0 Å². The number of fused-ring (bicyclic) bond motifs is 4. The second-order valence-electron chi connectivity index (χ2n) is 17.3. The van der Waals surface area contributed by atoms with E-state index in [2.05, 4.69) is 48.5 Å². The van der Waals surface area contributed by atoms with Crippen molar-refractivity contribution >= 4 is 5.97 Å². The van der Waals surface area contributed by atoms with Crippen molar-refractivity contribution in [3.63, 3.8) is 0 Å². The molecule has 7 aliphatic rings. The second-order valence-corrected chi connectivity index (χ2v) is 17.3. The average Bonchev–Trinajstić information content (AvgIpc) is 3.42. The van der Waals surface area contributed by atoms with Gasteiger partial charge in [0, 0.05) is 0 Å². The van der Waals surface area contributed by atoms with E-state index in [0.717, 1.165) is 38.0 Å². The maximum Gasteiger partial charge on any atom is 0.309 e. The molecule has 39 heavy (non-hydrogen) atoms. The Morgan fingerprint density at radius 3 is 2.28 bits per heavy atom. The quantitative estimate of drug-likeness (QED) is 0.374. The van der Waals surface area contributed by atoms with E-state index in [0.29, 0.717) is 39.4 Å². The molecular weight excluding hydrogens is 484 g/mol. The van der Waals surface area contributed by atoms with Gasteiger partial charge in [0.15, 0.2) is 0 Å². The molecule has 1 aliphatic heterocycles. The first-order valence-corrected chi connectivity index (χ1v) is 16.8. The van der Waals surface area contributed by atoms with E-state index in [9.17, 15) is 9.90 Å². The van der Waals surface area contributed by atoms with E-state index >= 15 is 0 Å². The van der Waals surface area contributed by atoms with E-state index in [4.69, 9.17) is 9.47 Å². The van der Waals surface area contributed by atoms with Crippen LogP contribution in [0.3, 0.4) is 0 Å². The standard InChI is InChI=1S/C35H56O4/c1-20(2)29(39-30(37)22-9-8-10-22)23-17-21(3)28-24(38-23)18-33(7)26-12-11-25-31(4,5)27(36)13-14-34(25)19-35(26,34)16-15-32(28,33)6/h20-29,36H,8-19H2,1-7H3/t21-,23?,24?,25?,26+,27+,28?,29-,32-,33+,34-,35?/m1/s1. The normalized spacial score (nSPS) is 54.3. The first-order chi connectivity index (χ1) is 18.3. The fraction of sp³-hybridized carbons (Fsp3) is 0.971. The molecule has 0 aromatic rings. The number of ether oxygens (including phenoxy) is 2. The molecule has 2 spiro atoms. The van der Waals surface area contributed by atoms with Gasteiger partial charge in [-0.15, -0.1) is 0 Å². The number of carbonyl (C=O) groups excluding carboxylic acids is 1. The van der Waals surface area contributed by atoms with Crippen molar-refractivity contribution in [2.45, 2.75) is 150 Å². The maximum absolute atomic E-state index is 12.9. The fourth-order valence-electron chi connectivity index (χ4n) is 13.1. The Morgan fingerprint density at radius 1 is 0.923 bits per heavy atom. The first-order valence-electron chi connectivity index (χ1n) is 16.8. The molecule has 1 saturated heterocycles. The zero-order chi connectivity index (χ0) is 27.8. The molecule has 7 rings (SSSR count). The van der Waals surface area contributed by atoms with Crippen LogP contribution in [-0.4, -0.2) is 35.5 Å². The molecule has 0 amide bonds. The Labute approximate surface area is 237 Å². The van der Waals surface area contributed by atoms with Gasteiger partial charge in [-0.3, -0.25) is 4.79 Å². The van der Waals surface area contributed by atoms with Crippen LogP contribution in [-0.2, 0) is 14.3 Å². The highest BCUT2D eigenvalue weighted by atomic mass is 16.6. The smallest absolute Gasteiger partial charge is 0.309 e. The highest BCUT2D eigenvalue weighted by molar-refractivity contribution is 5.73. The highest BCUT2D eigenvalue weighted by Gasteiger charge is 2.83. The van der Waals surface area contributed by atoms with Crippen molar-refractivity contribution in [3.8, 4) is 0 Å². The monoisotopic (exact) mass is 540 g/mol. The zero-order valence-electron chi connectivity index (χ0n) is 25.9. The summed E-state index contributed by atoms with van der Waals surface area (Å²) in [6.45, 7) is 16.9. The van der Waals surface area contributed by atoms with Crippen LogP contribution >= 0.6 is 0 Å². The topological polar surface area (TPSA) is 55.8 Å². The lowest BCUT2D eigenvalue weighted by atomic mass is 9.41. The lowest BCUT2D eigenvalue weighted by Crippen LogP contribution is -2.58. The molecule has 1 heterocycles. The van der Waals surface area contributed by atoms with E-state index in [1.165, 1.54) is 44.9 Å². The number of aliphatic hydroxyl groups is 1. The van der Waals surface area contributed by atoms with Crippen LogP contribution in [0.25, 0.3) is 0 Å². The van der Waals surface area contributed by atoms with Gasteiger partial charge in [0.25, 0.3) is 0 Å². The lowest BCUT2D eigenvalue weighted by molar-refractivity contribution is -0.193. The van der Waals surface area contributed by atoms with Gasteiger partial charge in [-0.05, 0) is 127 Å². The zero-order valence-corrected chi connectivity index (χ0v) is 25.9. The third-order valence-electron chi connectivity index (χ3n) is 15.4. The van der Waals surface area contributed by atoms with Gasteiger partial charge < -0.3 is 14.6 Å². The fourth-order valence-corrected chi connectivity index (χ4v) is 13.1. The molecule has 0 aromatic heterocycles. The Morgan fingerprint density at radius 2 is 1.62 bits per heavy atom. The number of aliphatic hydroxyl groups excluding tert-OH is 1. The summed E-state index contributed by atoms with van der Waals surface area (Å²) in [7, 11) is 0. The predicted molar refractivity (Wildman–Crippen MR) is 153 cm³/mol. The molecule has 220 valence electrons.